The highest BCUT2D eigenvalue weighted by atomic mass is 19.3. The van der Waals surface area contributed by atoms with Crippen LogP contribution in [0.15, 0.2) is 36.5 Å². The molecule has 2 rings (SSSR count). The first-order chi connectivity index (χ1) is 9.84. The minimum absolute atomic E-state index is 0.0845. The molecule has 2 N–H and O–H groups in total. The van der Waals surface area contributed by atoms with Crippen molar-refractivity contribution >= 4 is 23.2 Å². The fourth-order valence-corrected chi connectivity index (χ4v) is 1.63. The lowest BCUT2D eigenvalue weighted by Gasteiger charge is -2.11. The Kier molecular flexibility index (Phi) is 4.11. The lowest BCUT2D eigenvalue weighted by Crippen LogP contribution is -2.11. The van der Waals surface area contributed by atoms with E-state index in [1.54, 1.807) is 24.3 Å². The zero-order valence-corrected chi connectivity index (χ0v) is 11.5. The molecular weight excluding hydrogens is 278 g/mol. The highest BCUT2D eigenvalue weighted by Gasteiger charge is 2.26. The zero-order valence-electron chi connectivity index (χ0n) is 11.5. The molecule has 0 aliphatic rings. The van der Waals surface area contributed by atoms with E-state index < -0.39 is 5.92 Å². The Balaban J connectivity index is 2.13. The van der Waals surface area contributed by atoms with Gasteiger partial charge in [0.2, 0.25) is 11.9 Å². The number of benzene rings is 1. The number of rotatable bonds is 4. The summed E-state index contributed by atoms with van der Waals surface area (Å²) in [6.45, 7) is 2.19. The average Bonchev–Trinajstić information content (AvgIpc) is 2.40. The molecule has 0 atom stereocenters. The summed E-state index contributed by atoms with van der Waals surface area (Å²) in [5.41, 5.74) is 0.915. The summed E-state index contributed by atoms with van der Waals surface area (Å²) in [7, 11) is 0. The van der Waals surface area contributed by atoms with Gasteiger partial charge < -0.3 is 10.6 Å². The van der Waals surface area contributed by atoms with Crippen molar-refractivity contribution in [3.8, 4) is 0 Å². The minimum Gasteiger partial charge on any atom is -0.326 e. The van der Waals surface area contributed by atoms with Gasteiger partial charge in [-0.05, 0) is 30.3 Å². The number of hydrogen-bond donors (Lipinski definition) is 2. The summed E-state index contributed by atoms with van der Waals surface area (Å²) >= 11 is 0. The van der Waals surface area contributed by atoms with Crippen molar-refractivity contribution in [2.75, 3.05) is 10.6 Å². The van der Waals surface area contributed by atoms with Crippen molar-refractivity contribution in [3.05, 3.63) is 42.2 Å². The van der Waals surface area contributed by atoms with Gasteiger partial charge >= 0.3 is 0 Å². The largest absolute Gasteiger partial charge is 0.326 e. The number of anilines is 3. The van der Waals surface area contributed by atoms with Crippen molar-refractivity contribution in [1.29, 1.82) is 0 Å². The normalized spacial score (nSPS) is 11.0. The Hall–Kier alpha value is -2.57. The second-order valence-electron chi connectivity index (χ2n) is 4.54. The zero-order chi connectivity index (χ0) is 15.5. The van der Waals surface area contributed by atoms with Gasteiger partial charge in [0.15, 0.2) is 0 Å². The van der Waals surface area contributed by atoms with Crippen molar-refractivity contribution < 1.29 is 13.6 Å². The minimum atomic E-state index is -3.02. The Bertz CT molecular complexity index is 638. The third-order valence-electron chi connectivity index (χ3n) is 2.57. The number of alkyl halides is 2. The predicted molar refractivity (Wildman–Crippen MR) is 75.6 cm³/mol. The Morgan fingerprint density at radius 2 is 1.76 bits per heavy atom. The van der Waals surface area contributed by atoms with Crippen LogP contribution in [0.3, 0.4) is 0 Å². The van der Waals surface area contributed by atoms with E-state index in [0.29, 0.717) is 11.4 Å². The van der Waals surface area contributed by atoms with Gasteiger partial charge in [-0.3, -0.25) is 4.79 Å². The first-order valence-corrected chi connectivity index (χ1v) is 6.20. The standard InChI is InChI=1S/C14H14F2N4O/c1-9(21)18-10-3-5-11(6-4-10)19-13-17-8-7-12(20-13)14(2,15)16/h3-8H,1-2H3,(H,18,21)(H,17,19,20). The van der Waals surface area contributed by atoms with E-state index in [1.807, 2.05) is 0 Å². The molecule has 0 unspecified atom stereocenters. The molecule has 1 aromatic heterocycles. The van der Waals surface area contributed by atoms with E-state index >= 15 is 0 Å². The summed E-state index contributed by atoms with van der Waals surface area (Å²) in [4.78, 5) is 18.6. The van der Waals surface area contributed by atoms with Crippen LogP contribution >= 0.6 is 0 Å². The number of hydrogen-bond acceptors (Lipinski definition) is 4. The maximum absolute atomic E-state index is 13.2. The molecule has 0 fully saturated rings. The molecule has 21 heavy (non-hydrogen) atoms. The molecule has 110 valence electrons. The molecule has 0 spiro atoms. The van der Waals surface area contributed by atoms with Crippen LogP contribution in [0, 0.1) is 0 Å². The smallest absolute Gasteiger partial charge is 0.287 e. The summed E-state index contributed by atoms with van der Waals surface area (Å²) < 4.78 is 26.4. The van der Waals surface area contributed by atoms with Crippen LogP contribution in [-0.4, -0.2) is 15.9 Å². The fourth-order valence-electron chi connectivity index (χ4n) is 1.63. The lowest BCUT2D eigenvalue weighted by atomic mass is 10.2. The number of nitrogens with one attached hydrogen (secondary N) is 2. The lowest BCUT2D eigenvalue weighted by molar-refractivity contribution is -0.114. The van der Waals surface area contributed by atoms with E-state index in [2.05, 4.69) is 20.6 Å². The van der Waals surface area contributed by atoms with Gasteiger partial charge in [-0.25, -0.2) is 9.97 Å². The Labute approximate surface area is 120 Å². The SMILES string of the molecule is CC(=O)Nc1ccc(Nc2nccc(C(C)(F)F)n2)cc1. The van der Waals surface area contributed by atoms with E-state index in [0.717, 1.165) is 6.92 Å². The van der Waals surface area contributed by atoms with Crippen molar-refractivity contribution in [2.24, 2.45) is 0 Å². The molecule has 0 aliphatic carbocycles. The van der Waals surface area contributed by atoms with Crippen molar-refractivity contribution in [3.63, 3.8) is 0 Å². The van der Waals surface area contributed by atoms with Gasteiger partial charge in [0.05, 0.1) is 0 Å². The van der Waals surface area contributed by atoms with Crippen molar-refractivity contribution in [2.45, 2.75) is 19.8 Å². The molecule has 0 saturated carbocycles. The summed E-state index contributed by atoms with van der Waals surface area (Å²) in [6.07, 6.45) is 1.27. The number of carbonyl (C=O) groups excluding carboxylic acids is 1. The van der Waals surface area contributed by atoms with Crippen LogP contribution < -0.4 is 10.6 Å². The molecule has 1 aromatic carbocycles. The van der Waals surface area contributed by atoms with E-state index in [4.69, 9.17) is 0 Å². The van der Waals surface area contributed by atoms with Crippen LogP contribution in [0.25, 0.3) is 0 Å². The van der Waals surface area contributed by atoms with Gasteiger partial charge in [0, 0.05) is 31.4 Å². The molecule has 1 heterocycles. The third-order valence-corrected chi connectivity index (χ3v) is 2.57. The average molecular weight is 292 g/mol. The molecule has 5 nitrogen and oxygen atoms in total. The molecule has 0 aliphatic heterocycles. The van der Waals surface area contributed by atoms with Crippen LogP contribution in [0.2, 0.25) is 0 Å². The summed E-state index contributed by atoms with van der Waals surface area (Å²) in [5.74, 6) is -3.10. The topological polar surface area (TPSA) is 66.9 Å². The fraction of sp³-hybridized carbons (Fsp3) is 0.214. The molecule has 1 amide bonds. The first kappa shape index (κ1) is 14.8. The molecule has 0 saturated heterocycles. The predicted octanol–water partition coefficient (Wildman–Crippen LogP) is 3.29. The van der Waals surface area contributed by atoms with Gasteiger partial charge in [-0.1, -0.05) is 0 Å². The van der Waals surface area contributed by atoms with Crippen LogP contribution in [0.4, 0.5) is 26.1 Å². The maximum Gasteiger partial charge on any atom is 0.287 e. The summed E-state index contributed by atoms with van der Waals surface area (Å²) in [6, 6.07) is 7.91. The second kappa shape index (κ2) is 5.82. The number of halogens is 2. The Morgan fingerprint density at radius 1 is 1.14 bits per heavy atom. The molecule has 0 radical (unpaired) electrons. The van der Waals surface area contributed by atoms with Gasteiger partial charge in [-0.15, -0.1) is 0 Å². The van der Waals surface area contributed by atoms with E-state index in [1.165, 1.54) is 19.2 Å². The monoisotopic (exact) mass is 292 g/mol. The summed E-state index contributed by atoms with van der Waals surface area (Å²) in [5, 5.41) is 5.46. The van der Waals surface area contributed by atoms with Crippen LogP contribution in [0.5, 0.6) is 0 Å². The van der Waals surface area contributed by atoms with Crippen LogP contribution in [-0.2, 0) is 10.7 Å². The number of amides is 1. The quantitative estimate of drug-likeness (QED) is 0.907. The van der Waals surface area contributed by atoms with Gasteiger partial charge in [-0.2, -0.15) is 8.78 Å². The van der Waals surface area contributed by atoms with Gasteiger partial charge in [0.25, 0.3) is 5.92 Å². The third kappa shape index (κ3) is 4.20. The van der Waals surface area contributed by atoms with Gasteiger partial charge in [0.1, 0.15) is 5.69 Å². The maximum atomic E-state index is 13.2. The second-order valence-corrected chi connectivity index (χ2v) is 4.54. The molecule has 7 heteroatoms. The molecule has 0 bridgehead atoms. The van der Waals surface area contributed by atoms with E-state index in [9.17, 15) is 13.6 Å². The number of aromatic nitrogens is 2. The Morgan fingerprint density at radius 3 is 2.33 bits per heavy atom. The highest BCUT2D eigenvalue weighted by molar-refractivity contribution is 5.88. The first-order valence-electron chi connectivity index (χ1n) is 6.20. The molecular formula is C14H14F2N4O. The van der Waals surface area contributed by atoms with E-state index in [-0.39, 0.29) is 17.5 Å². The highest BCUT2D eigenvalue weighted by Crippen LogP contribution is 2.25. The molecule has 2 aromatic rings. The number of nitrogens with zero attached hydrogens (tertiary/aromatic N) is 2. The van der Waals surface area contributed by atoms with Crippen LogP contribution in [0.1, 0.15) is 19.5 Å². The van der Waals surface area contributed by atoms with Crippen molar-refractivity contribution in [1.82, 2.24) is 9.97 Å². The number of carbonyl (C=O) groups is 1.